The molecule has 1 aliphatic heterocycles. The molecule has 0 spiro atoms. The first kappa shape index (κ1) is 25.7. The van der Waals surface area contributed by atoms with Gasteiger partial charge in [0, 0.05) is 17.5 Å². The van der Waals surface area contributed by atoms with Crippen molar-refractivity contribution in [3.63, 3.8) is 0 Å². The smallest absolute Gasteiger partial charge is 0.451 e. The minimum absolute atomic E-state index is 0.00944. The number of rotatable bonds is 2. The zero-order valence-corrected chi connectivity index (χ0v) is 19.8. The van der Waals surface area contributed by atoms with Crippen molar-refractivity contribution >= 4 is 34.8 Å². The molecule has 4 rings (SSSR count). The summed E-state index contributed by atoms with van der Waals surface area (Å²) in [6.07, 6.45) is 1.17. The first-order chi connectivity index (χ1) is 15.8. The maximum Gasteiger partial charge on any atom is 0.451 e. The summed E-state index contributed by atoms with van der Waals surface area (Å²) in [5, 5.41) is 8.07. The zero-order valence-electron chi connectivity index (χ0n) is 19.0. The summed E-state index contributed by atoms with van der Waals surface area (Å²) in [7, 11) is 0. The number of ether oxygens (including phenoxy) is 1. The fraction of sp³-hybridized carbons (Fsp3) is 0.478. The topological polar surface area (TPSA) is 111 Å². The highest BCUT2D eigenvalue weighted by atomic mass is 35.5. The molecule has 2 heterocycles. The number of alkyl halides is 3. The number of hydrogen-bond donors (Lipinski definition) is 2. The Hall–Kier alpha value is -2.88. The molecule has 34 heavy (non-hydrogen) atoms. The van der Waals surface area contributed by atoms with E-state index in [0.29, 0.717) is 16.7 Å². The molecule has 0 amide bonds. The molecule has 0 unspecified atom stereocenters. The molecule has 2 aromatic rings. The van der Waals surface area contributed by atoms with Gasteiger partial charge in [0.2, 0.25) is 11.7 Å². The van der Waals surface area contributed by atoms with Crippen LogP contribution >= 0.6 is 11.6 Å². The third-order valence-electron chi connectivity index (χ3n) is 5.60. The third-order valence-corrected chi connectivity index (χ3v) is 5.92. The molecule has 0 bridgehead atoms. The predicted molar refractivity (Wildman–Crippen MR) is 123 cm³/mol. The zero-order chi connectivity index (χ0) is 25.3. The summed E-state index contributed by atoms with van der Waals surface area (Å²) in [4.78, 5) is 20.3. The van der Waals surface area contributed by atoms with Crippen molar-refractivity contribution in [1.29, 1.82) is 0 Å². The number of carbonyl (C=O) groups is 1. The number of nitrogens with two attached hydrogens (primary N) is 1. The summed E-state index contributed by atoms with van der Waals surface area (Å²) >= 11 is 6.61. The Bertz CT molecular complexity index is 1110. The molecule has 0 atom stereocenters. The average Bonchev–Trinajstić information content (AvgIpc) is 2.72. The molecule has 184 valence electrons. The van der Waals surface area contributed by atoms with E-state index < -0.39 is 23.6 Å². The predicted octanol–water partition coefficient (Wildman–Crippen LogP) is 6.16. The van der Waals surface area contributed by atoms with Crippen molar-refractivity contribution in [2.75, 3.05) is 5.73 Å². The third kappa shape index (κ3) is 5.78. The second-order valence-electron chi connectivity index (χ2n) is 8.75. The Morgan fingerprint density at radius 3 is 2.38 bits per heavy atom. The van der Waals surface area contributed by atoms with Crippen LogP contribution in [0.4, 0.5) is 24.7 Å². The number of aliphatic carboxylic acids is 1. The summed E-state index contributed by atoms with van der Waals surface area (Å²) in [6.45, 7) is 4.51. The second kappa shape index (κ2) is 9.77. The molecule has 1 aromatic heterocycles. The van der Waals surface area contributed by atoms with Crippen molar-refractivity contribution in [2.24, 2.45) is 4.99 Å². The van der Waals surface area contributed by atoms with Crippen LogP contribution in [0.5, 0.6) is 5.88 Å². The highest BCUT2D eigenvalue weighted by molar-refractivity contribution is 6.32. The van der Waals surface area contributed by atoms with Gasteiger partial charge in [-0.05, 0) is 44.2 Å². The average molecular weight is 499 g/mol. The molecular formula is C23H26ClF3N4O3. The summed E-state index contributed by atoms with van der Waals surface area (Å²) < 4.78 is 44.8. The second-order valence-corrected chi connectivity index (χ2v) is 9.15. The first-order valence-corrected chi connectivity index (χ1v) is 11.2. The maximum atomic E-state index is 13.0. The normalized spacial score (nSPS) is 17.6. The van der Waals surface area contributed by atoms with Gasteiger partial charge in [-0.25, -0.2) is 9.98 Å². The van der Waals surface area contributed by atoms with Gasteiger partial charge in [0.15, 0.2) is 11.5 Å². The lowest BCUT2D eigenvalue weighted by molar-refractivity contribution is -0.145. The van der Waals surface area contributed by atoms with E-state index in [1.54, 1.807) is 13.8 Å². The summed E-state index contributed by atoms with van der Waals surface area (Å²) in [5.74, 6) is -2.41. The van der Waals surface area contributed by atoms with Crippen LogP contribution in [-0.2, 0) is 11.0 Å². The standard InChI is InChI=1S/C21H22ClF3N4O.C2H4O2/c1-20(2)16(12-8-9-13(14(22)10-12)11-6-4-3-5-7-11)27-15-17(26)28-19(21(23,24)25)29-18(15)30-20;1-2(3)4/h8-11H,3-7H2,1-2H3,(H2,26,28,29);1H3,(H,3,4). The molecule has 0 radical (unpaired) electrons. The molecule has 7 nitrogen and oxygen atoms in total. The van der Waals surface area contributed by atoms with Crippen LogP contribution < -0.4 is 10.5 Å². The van der Waals surface area contributed by atoms with Crippen molar-refractivity contribution in [3.05, 3.63) is 40.2 Å². The van der Waals surface area contributed by atoms with E-state index in [-0.39, 0.29) is 17.4 Å². The van der Waals surface area contributed by atoms with Gasteiger partial charge < -0.3 is 15.6 Å². The lowest BCUT2D eigenvalue weighted by Gasteiger charge is -2.32. The molecule has 0 saturated heterocycles. The number of benzene rings is 1. The van der Waals surface area contributed by atoms with E-state index in [0.717, 1.165) is 30.9 Å². The lowest BCUT2D eigenvalue weighted by Crippen LogP contribution is -2.41. The number of fused-ring (bicyclic) bond motifs is 1. The van der Waals surface area contributed by atoms with Crippen LogP contribution in [0, 0.1) is 0 Å². The lowest BCUT2D eigenvalue weighted by atomic mass is 9.83. The molecule has 2 aliphatic rings. The number of aromatic nitrogens is 2. The van der Waals surface area contributed by atoms with Crippen molar-refractivity contribution in [1.82, 2.24) is 9.97 Å². The number of hydrogen-bond acceptors (Lipinski definition) is 6. The minimum Gasteiger partial charge on any atom is -0.481 e. The molecule has 3 N–H and O–H groups in total. The molecule has 1 aliphatic carbocycles. The molecule has 1 fully saturated rings. The van der Waals surface area contributed by atoms with Crippen LogP contribution in [0.3, 0.4) is 0 Å². The van der Waals surface area contributed by atoms with Gasteiger partial charge >= 0.3 is 6.18 Å². The number of carboxylic acids is 1. The van der Waals surface area contributed by atoms with Gasteiger partial charge in [0.25, 0.3) is 5.97 Å². The highest BCUT2D eigenvalue weighted by Crippen LogP contribution is 2.43. The van der Waals surface area contributed by atoms with Crippen LogP contribution in [0.2, 0.25) is 5.02 Å². The number of anilines is 1. The van der Waals surface area contributed by atoms with Crippen molar-refractivity contribution in [3.8, 4) is 5.88 Å². The van der Waals surface area contributed by atoms with E-state index in [1.165, 1.54) is 19.3 Å². The SMILES string of the molecule is CC(=O)O.CC1(C)Oc2nc(C(F)(F)F)nc(N)c2N=C1c1ccc(C2CCCCC2)c(Cl)c1. The highest BCUT2D eigenvalue weighted by Gasteiger charge is 2.40. The molecular weight excluding hydrogens is 473 g/mol. The fourth-order valence-electron chi connectivity index (χ4n) is 4.12. The largest absolute Gasteiger partial charge is 0.481 e. The van der Waals surface area contributed by atoms with Gasteiger partial charge in [-0.2, -0.15) is 18.2 Å². The van der Waals surface area contributed by atoms with Crippen molar-refractivity contribution in [2.45, 2.75) is 70.6 Å². The first-order valence-electron chi connectivity index (χ1n) is 10.8. The van der Waals surface area contributed by atoms with Gasteiger partial charge in [-0.1, -0.05) is 43.0 Å². The van der Waals surface area contributed by atoms with Crippen LogP contribution in [-0.4, -0.2) is 32.4 Å². The molecule has 1 aromatic carbocycles. The molecule has 11 heteroatoms. The van der Waals surface area contributed by atoms with Gasteiger partial charge in [-0.3, -0.25) is 4.79 Å². The van der Waals surface area contributed by atoms with Crippen LogP contribution in [0.1, 0.15) is 75.7 Å². The quantitative estimate of drug-likeness (QED) is 0.513. The maximum absolute atomic E-state index is 13.0. The molecule has 1 saturated carbocycles. The van der Waals surface area contributed by atoms with Gasteiger partial charge in [0.1, 0.15) is 5.60 Å². The Balaban J connectivity index is 0.000000751. The van der Waals surface area contributed by atoms with Crippen LogP contribution in [0.15, 0.2) is 23.2 Å². The Morgan fingerprint density at radius 1 is 1.21 bits per heavy atom. The van der Waals surface area contributed by atoms with E-state index in [9.17, 15) is 13.2 Å². The van der Waals surface area contributed by atoms with Gasteiger partial charge in [-0.15, -0.1) is 0 Å². The Labute approximate surface area is 200 Å². The number of nitrogens with zero attached hydrogens (tertiary/aromatic N) is 3. The Kier molecular flexibility index (Phi) is 7.40. The minimum atomic E-state index is -4.73. The van der Waals surface area contributed by atoms with Gasteiger partial charge in [0.05, 0.1) is 5.71 Å². The van der Waals surface area contributed by atoms with Crippen molar-refractivity contribution < 1.29 is 27.8 Å². The number of halogens is 4. The van der Waals surface area contributed by atoms with Crippen LogP contribution in [0.25, 0.3) is 0 Å². The van der Waals surface area contributed by atoms with E-state index >= 15 is 0 Å². The van der Waals surface area contributed by atoms with E-state index in [4.69, 9.17) is 32.0 Å². The summed E-state index contributed by atoms with van der Waals surface area (Å²) in [6, 6.07) is 5.77. The number of aliphatic imine (C=N–C) groups is 1. The monoisotopic (exact) mass is 498 g/mol. The van der Waals surface area contributed by atoms with E-state index in [2.05, 4.69) is 15.0 Å². The Morgan fingerprint density at radius 2 is 1.82 bits per heavy atom. The summed E-state index contributed by atoms with van der Waals surface area (Å²) in [5.41, 5.74) is 7.05. The fourth-order valence-corrected chi connectivity index (χ4v) is 4.46. The number of carboxylic acid groups (broad SMARTS) is 1. The number of nitrogen functional groups attached to an aromatic ring is 1. The van der Waals surface area contributed by atoms with E-state index in [1.807, 2.05) is 18.2 Å².